The van der Waals surface area contributed by atoms with Crippen LogP contribution in [-0.2, 0) is 0 Å². The van der Waals surface area contributed by atoms with Crippen LogP contribution in [-0.4, -0.2) is 16.2 Å². The zero-order valence-electron chi connectivity index (χ0n) is 18.5. The van der Waals surface area contributed by atoms with E-state index in [1.165, 1.54) is 31.0 Å². The fourth-order valence-electron chi connectivity index (χ4n) is 8.45. The van der Waals surface area contributed by atoms with Crippen LogP contribution in [0.1, 0.15) is 83.3 Å². The molecule has 6 unspecified atom stereocenters. The number of hydrogen-bond donors (Lipinski definition) is 1. The maximum atomic E-state index is 13.3. The highest BCUT2D eigenvalue weighted by molar-refractivity contribution is 5.72. The van der Waals surface area contributed by atoms with Gasteiger partial charge in [0.25, 0.3) is 6.43 Å². The number of halogens is 2. The molecule has 1 N–H and O–H groups in total. The van der Waals surface area contributed by atoms with Crippen LogP contribution < -0.4 is 0 Å². The van der Waals surface area contributed by atoms with Crippen molar-refractivity contribution in [3.8, 4) is 0 Å². The molecule has 0 radical (unpaired) electrons. The number of hydrogen-bond acceptors (Lipinski definition) is 2. The number of aliphatic hydroxyl groups excluding tert-OH is 1. The Labute approximate surface area is 179 Å². The van der Waals surface area contributed by atoms with E-state index >= 15 is 0 Å². The first kappa shape index (κ1) is 20.6. The van der Waals surface area contributed by atoms with Gasteiger partial charge in [-0.1, -0.05) is 26.8 Å². The lowest BCUT2D eigenvalue weighted by atomic mass is 9.43. The van der Waals surface area contributed by atoms with E-state index in [-0.39, 0.29) is 17.1 Å². The average Bonchev–Trinajstić information content (AvgIpc) is 3.08. The van der Waals surface area contributed by atoms with Crippen LogP contribution in [0.3, 0.4) is 0 Å². The van der Waals surface area contributed by atoms with Crippen molar-refractivity contribution in [2.24, 2.45) is 40.4 Å². The maximum Gasteiger partial charge on any atom is 0.265 e. The van der Waals surface area contributed by atoms with Crippen molar-refractivity contribution in [2.75, 3.05) is 0 Å². The first-order valence-electron chi connectivity index (χ1n) is 11.9. The van der Waals surface area contributed by atoms with E-state index in [1.807, 2.05) is 0 Å². The maximum absolute atomic E-state index is 13.3. The largest absolute Gasteiger partial charge is 0.393 e. The SMILES string of the molecule is CC1C(O)CC[C@@]2(C)C1CCC1C2CC[C@]2(C)C(c3cncc(C(F)F)c3)=CCC12. The normalized spacial score (nSPS) is 45.5. The molecule has 5 rings (SSSR count). The molecule has 30 heavy (non-hydrogen) atoms. The van der Waals surface area contributed by atoms with Gasteiger partial charge in [0.1, 0.15) is 0 Å². The molecule has 164 valence electrons. The third-order valence-electron chi connectivity index (χ3n) is 10.1. The molecule has 1 heterocycles. The molecule has 0 amide bonds. The number of aromatic nitrogens is 1. The standard InChI is InChI=1S/C26H35F2NO/c1-15-19-5-4-18-21-7-6-20(16-12-17(24(27)28)14-29-13-16)26(21,3)10-8-22(18)25(19,2)11-9-23(15)30/h6,12-15,18-19,21-24,30H,4-5,7-11H2,1-3H3/t15?,18?,19?,21?,22?,23?,25-,26+/m0/s1. The molecule has 0 spiro atoms. The Morgan fingerprint density at radius 3 is 2.60 bits per heavy atom. The van der Waals surface area contributed by atoms with E-state index in [1.54, 1.807) is 12.3 Å². The van der Waals surface area contributed by atoms with Crippen molar-refractivity contribution in [1.29, 1.82) is 0 Å². The first-order valence-corrected chi connectivity index (χ1v) is 11.9. The van der Waals surface area contributed by atoms with E-state index in [0.717, 1.165) is 37.2 Å². The molecule has 4 aliphatic carbocycles. The second-order valence-electron chi connectivity index (χ2n) is 11.1. The molecule has 0 bridgehead atoms. The van der Waals surface area contributed by atoms with Gasteiger partial charge >= 0.3 is 0 Å². The lowest BCUT2D eigenvalue weighted by Gasteiger charge is -2.62. The Morgan fingerprint density at radius 1 is 1.03 bits per heavy atom. The van der Waals surface area contributed by atoms with Gasteiger partial charge in [0.05, 0.1) is 6.10 Å². The second kappa shape index (κ2) is 7.12. The van der Waals surface area contributed by atoms with Gasteiger partial charge in [0.15, 0.2) is 0 Å². The van der Waals surface area contributed by atoms with Crippen LogP contribution in [0, 0.1) is 40.4 Å². The fraction of sp³-hybridized carbons (Fsp3) is 0.731. The van der Waals surface area contributed by atoms with Gasteiger partial charge in [-0.05, 0) is 103 Å². The molecule has 3 fully saturated rings. The summed E-state index contributed by atoms with van der Waals surface area (Å²) < 4.78 is 26.5. The summed E-state index contributed by atoms with van der Waals surface area (Å²) in [7, 11) is 0. The summed E-state index contributed by atoms with van der Waals surface area (Å²) in [6.07, 6.45) is 10.8. The van der Waals surface area contributed by atoms with Gasteiger partial charge in [-0.15, -0.1) is 0 Å². The molecular formula is C26H35F2NO. The predicted octanol–water partition coefficient (Wildman–Crippen LogP) is 6.66. The molecule has 0 aliphatic heterocycles. The molecule has 1 aromatic heterocycles. The van der Waals surface area contributed by atoms with Crippen molar-refractivity contribution in [3.63, 3.8) is 0 Å². The number of fused-ring (bicyclic) bond motifs is 5. The van der Waals surface area contributed by atoms with Crippen LogP contribution in [0.2, 0.25) is 0 Å². The third-order valence-corrected chi connectivity index (χ3v) is 10.1. The highest BCUT2D eigenvalue weighted by atomic mass is 19.3. The fourth-order valence-corrected chi connectivity index (χ4v) is 8.45. The number of rotatable bonds is 2. The third kappa shape index (κ3) is 2.85. The van der Waals surface area contributed by atoms with Gasteiger partial charge in [0.2, 0.25) is 0 Å². The van der Waals surface area contributed by atoms with Crippen LogP contribution in [0.15, 0.2) is 24.5 Å². The van der Waals surface area contributed by atoms with Crippen molar-refractivity contribution >= 4 is 5.57 Å². The molecule has 0 aromatic carbocycles. The van der Waals surface area contributed by atoms with Crippen LogP contribution in [0.4, 0.5) is 8.78 Å². The van der Waals surface area contributed by atoms with Crippen molar-refractivity contribution in [1.82, 2.24) is 4.98 Å². The number of alkyl halides is 2. The minimum Gasteiger partial charge on any atom is -0.393 e. The van der Waals surface area contributed by atoms with Gasteiger partial charge in [-0.25, -0.2) is 8.78 Å². The molecule has 2 nitrogen and oxygen atoms in total. The quantitative estimate of drug-likeness (QED) is 0.586. The minimum atomic E-state index is -2.47. The van der Waals surface area contributed by atoms with Gasteiger partial charge in [-0.3, -0.25) is 4.98 Å². The molecule has 3 saturated carbocycles. The Bertz CT molecular complexity index is 853. The number of nitrogens with zero attached hydrogens (tertiary/aromatic N) is 1. The highest BCUT2D eigenvalue weighted by Crippen LogP contribution is 2.68. The zero-order chi connectivity index (χ0) is 21.3. The van der Waals surface area contributed by atoms with Crippen LogP contribution in [0.5, 0.6) is 0 Å². The lowest BCUT2D eigenvalue weighted by molar-refractivity contribution is -0.138. The Hall–Kier alpha value is -1.29. The summed E-state index contributed by atoms with van der Waals surface area (Å²) in [6.45, 7) is 7.15. The van der Waals surface area contributed by atoms with Gasteiger partial charge in [-0.2, -0.15) is 0 Å². The molecule has 0 saturated heterocycles. The smallest absolute Gasteiger partial charge is 0.265 e. The van der Waals surface area contributed by atoms with Crippen molar-refractivity contribution in [2.45, 2.75) is 78.2 Å². The Kier molecular flexibility index (Phi) is 4.89. The molecule has 8 atom stereocenters. The monoisotopic (exact) mass is 415 g/mol. The number of pyridine rings is 1. The summed E-state index contributed by atoms with van der Waals surface area (Å²) in [5, 5.41) is 10.5. The summed E-state index contributed by atoms with van der Waals surface area (Å²) >= 11 is 0. The van der Waals surface area contributed by atoms with Crippen LogP contribution >= 0.6 is 0 Å². The molecule has 4 aliphatic rings. The van der Waals surface area contributed by atoms with Gasteiger partial charge < -0.3 is 5.11 Å². The van der Waals surface area contributed by atoms with E-state index in [9.17, 15) is 13.9 Å². The van der Waals surface area contributed by atoms with Crippen LogP contribution in [0.25, 0.3) is 5.57 Å². The van der Waals surface area contributed by atoms with E-state index in [4.69, 9.17) is 0 Å². The second-order valence-corrected chi connectivity index (χ2v) is 11.1. The van der Waals surface area contributed by atoms with E-state index < -0.39 is 6.43 Å². The van der Waals surface area contributed by atoms with Crippen molar-refractivity contribution < 1.29 is 13.9 Å². The van der Waals surface area contributed by atoms with E-state index in [0.29, 0.717) is 29.1 Å². The Morgan fingerprint density at radius 2 is 1.83 bits per heavy atom. The number of allylic oxidation sites excluding steroid dienone is 2. The predicted molar refractivity (Wildman–Crippen MR) is 115 cm³/mol. The number of aliphatic hydroxyl groups is 1. The van der Waals surface area contributed by atoms with Gasteiger partial charge in [0, 0.05) is 18.0 Å². The van der Waals surface area contributed by atoms with Crippen molar-refractivity contribution in [3.05, 3.63) is 35.7 Å². The summed E-state index contributed by atoms with van der Waals surface area (Å²) in [6, 6.07) is 1.66. The highest BCUT2D eigenvalue weighted by Gasteiger charge is 2.59. The zero-order valence-corrected chi connectivity index (χ0v) is 18.5. The minimum absolute atomic E-state index is 0.0249. The lowest BCUT2D eigenvalue weighted by Crippen LogP contribution is -2.55. The average molecular weight is 416 g/mol. The summed E-state index contributed by atoms with van der Waals surface area (Å²) in [5.74, 6) is 3.06. The summed E-state index contributed by atoms with van der Waals surface area (Å²) in [5.41, 5.74) is 2.57. The molecule has 4 heteroatoms. The Balaban J connectivity index is 1.43. The van der Waals surface area contributed by atoms with E-state index in [2.05, 4.69) is 31.8 Å². The molecular weight excluding hydrogens is 380 g/mol. The molecule has 1 aromatic rings. The first-order chi connectivity index (χ1) is 14.3. The summed E-state index contributed by atoms with van der Waals surface area (Å²) in [4.78, 5) is 4.14. The topological polar surface area (TPSA) is 33.1 Å².